The molecule has 7 nitrogen and oxygen atoms in total. The summed E-state index contributed by atoms with van der Waals surface area (Å²) >= 11 is 7.28. The number of sulfonamides is 1. The van der Waals surface area contributed by atoms with Crippen molar-refractivity contribution >= 4 is 43.8 Å². The van der Waals surface area contributed by atoms with Crippen LogP contribution in [0.3, 0.4) is 0 Å². The molecule has 0 aromatic carbocycles. The van der Waals surface area contributed by atoms with Crippen molar-refractivity contribution in [1.82, 2.24) is 19.0 Å². The molecule has 20 heavy (non-hydrogen) atoms. The summed E-state index contributed by atoms with van der Waals surface area (Å²) in [6, 6.07) is 0. The molecule has 108 valence electrons. The van der Waals surface area contributed by atoms with E-state index in [9.17, 15) is 13.2 Å². The zero-order valence-corrected chi connectivity index (χ0v) is 12.6. The third-order valence-corrected chi connectivity index (χ3v) is 6.09. The number of fused-ring (bicyclic) bond motifs is 1. The van der Waals surface area contributed by atoms with Crippen molar-refractivity contribution in [3.05, 3.63) is 16.7 Å². The van der Waals surface area contributed by atoms with E-state index in [0.717, 1.165) is 0 Å². The Hall–Kier alpha value is -1.16. The van der Waals surface area contributed by atoms with E-state index in [2.05, 4.69) is 10.3 Å². The van der Waals surface area contributed by atoms with Crippen LogP contribution in [0.15, 0.2) is 16.6 Å². The van der Waals surface area contributed by atoms with E-state index in [4.69, 9.17) is 11.6 Å². The van der Waals surface area contributed by atoms with Gasteiger partial charge in [0.05, 0.1) is 0 Å². The minimum Gasteiger partial charge on any atom is -0.355 e. The van der Waals surface area contributed by atoms with Gasteiger partial charge in [0.2, 0.25) is 5.91 Å². The number of aromatic nitrogens is 2. The summed E-state index contributed by atoms with van der Waals surface area (Å²) in [5.74, 6) is -0.150. The monoisotopic (exact) mass is 334 g/mol. The Bertz CT molecular complexity index is 767. The third-order valence-electron chi connectivity index (χ3n) is 3.03. The van der Waals surface area contributed by atoms with E-state index >= 15 is 0 Å². The first-order chi connectivity index (χ1) is 9.50. The van der Waals surface area contributed by atoms with E-state index < -0.39 is 10.0 Å². The topological polar surface area (TPSA) is 83.8 Å². The van der Waals surface area contributed by atoms with E-state index in [-0.39, 0.29) is 35.6 Å². The molecular formula is C10H11ClN4O3S2. The summed E-state index contributed by atoms with van der Waals surface area (Å²) < 4.78 is 28.1. The molecule has 1 saturated heterocycles. The van der Waals surface area contributed by atoms with E-state index in [1.165, 1.54) is 20.0 Å². The van der Waals surface area contributed by atoms with Gasteiger partial charge in [0.15, 0.2) is 15.1 Å². The molecule has 0 bridgehead atoms. The summed E-state index contributed by atoms with van der Waals surface area (Å²) in [4.78, 5) is 15.9. The minimum atomic E-state index is -3.78. The van der Waals surface area contributed by atoms with Crippen molar-refractivity contribution in [2.75, 3.05) is 19.6 Å². The molecule has 0 saturated carbocycles. The molecule has 0 atom stereocenters. The number of nitrogens with zero attached hydrogens (tertiary/aromatic N) is 3. The highest BCUT2D eigenvalue weighted by Gasteiger charge is 2.32. The Morgan fingerprint density at radius 2 is 2.20 bits per heavy atom. The molecule has 1 aliphatic rings. The number of thiazole rings is 1. The van der Waals surface area contributed by atoms with Crippen LogP contribution in [0.4, 0.5) is 0 Å². The molecule has 3 heterocycles. The van der Waals surface area contributed by atoms with Gasteiger partial charge in [0, 0.05) is 37.6 Å². The van der Waals surface area contributed by atoms with Gasteiger partial charge < -0.3 is 5.32 Å². The van der Waals surface area contributed by atoms with Gasteiger partial charge in [-0.15, -0.1) is 11.3 Å². The quantitative estimate of drug-likeness (QED) is 0.869. The minimum absolute atomic E-state index is 0.0373. The van der Waals surface area contributed by atoms with Gasteiger partial charge in [-0.2, -0.15) is 4.31 Å². The Balaban J connectivity index is 2.05. The highest BCUT2D eigenvalue weighted by molar-refractivity contribution is 7.89. The second kappa shape index (κ2) is 4.99. The fourth-order valence-electron chi connectivity index (χ4n) is 2.08. The van der Waals surface area contributed by atoms with Crippen LogP contribution >= 0.6 is 22.9 Å². The maximum atomic E-state index is 12.7. The second-order valence-corrected chi connectivity index (χ2v) is 7.35. The van der Waals surface area contributed by atoms with Crippen molar-refractivity contribution in [3.8, 4) is 0 Å². The standard InChI is InChI=1S/C10H11ClN4O3S2/c11-8-9(15-5-6-19-10(15)13-8)20(17,18)14-3-1-7(16)12-2-4-14/h5-6H,1-4H2,(H,12,16). The van der Waals surface area contributed by atoms with Crippen LogP contribution in [0.5, 0.6) is 0 Å². The zero-order valence-electron chi connectivity index (χ0n) is 10.2. The van der Waals surface area contributed by atoms with Gasteiger partial charge in [0.25, 0.3) is 10.0 Å². The maximum absolute atomic E-state index is 12.7. The molecule has 1 fully saturated rings. The molecular weight excluding hydrogens is 324 g/mol. The van der Waals surface area contributed by atoms with Crippen molar-refractivity contribution in [2.45, 2.75) is 11.4 Å². The molecule has 0 unspecified atom stereocenters. The van der Waals surface area contributed by atoms with Gasteiger partial charge in [-0.1, -0.05) is 11.6 Å². The van der Waals surface area contributed by atoms with E-state index in [1.807, 2.05) is 0 Å². The Morgan fingerprint density at radius 1 is 1.40 bits per heavy atom. The molecule has 0 spiro atoms. The molecule has 2 aromatic rings. The van der Waals surface area contributed by atoms with Crippen LogP contribution in [-0.4, -0.2) is 47.6 Å². The largest absolute Gasteiger partial charge is 0.355 e. The summed E-state index contributed by atoms with van der Waals surface area (Å²) in [6.07, 6.45) is 1.76. The lowest BCUT2D eigenvalue weighted by Gasteiger charge is -2.18. The molecule has 1 aliphatic heterocycles. The Morgan fingerprint density at radius 3 is 3.00 bits per heavy atom. The summed E-state index contributed by atoms with van der Waals surface area (Å²) in [6.45, 7) is 0.658. The molecule has 1 amide bonds. The Kier molecular flexibility index (Phi) is 3.44. The van der Waals surface area contributed by atoms with Crippen LogP contribution < -0.4 is 5.32 Å². The molecule has 0 aliphatic carbocycles. The number of hydrogen-bond acceptors (Lipinski definition) is 5. The van der Waals surface area contributed by atoms with Crippen molar-refractivity contribution in [1.29, 1.82) is 0 Å². The number of imidazole rings is 1. The van der Waals surface area contributed by atoms with Crippen LogP contribution in [0.2, 0.25) is 5.15 Å². The highest BCUT2D eigenvalue weighted by atomic mass is 35.5. The molecule has 1 N–H and O–H groups in total. The number of carbonyl (C=O) groups excluding carboxylic acids is 1. The van der Waals surface area contributed by atoms with Crippen LogP contribution in [0, 0.1) is 0 Å². The number of halogens is 1. The van der Waals surface area contributed by atoms with Gasteiger partial charge in [-0.25, -0.2) is 13.4 Å². The fraction of sp³-hybridized carbons (Fsp3) is 0.400. The predicted molar refractivity (Wildman–Crippen MR) is 74.5 cm³/mol. The third kappa shape index (κ3) is 2.20. The first-order valence-electron chi connectivity index (χ1n) is 5.88. The number of rotatable bonds is 2. The van der Waals surface area contributed by atoms with Crippen LogP contribution in [0.25, 0.3) is 4.96 Å². The summed E-state index contributed by atoms with van der Waals surface area (Å²) in [7, 11) is -3.78. The lowest BCUT2D eigenvalue weighted by Crippen LogP contribution is -2.35. The summed E-state index contributed by atoms with van der Waals surface area (Å²) in [5.41, 5.74) is 0. The van der Waals surface area contributed by atoms with Crippen molar-refractivity contribution < 1.29 is 13.2 Å². The van der Waals surface area contributed by atoms with Gasteiger partial charge in [-0.05, 0) is 0 Å². The average molecular weight is 335 g/mol. The van der Waals surface area contributed by atoms with Crippen LogP contribution in [-0.2, 0) is 14.8 Å². The summed E-state index contributed by atoms with van der Waals surface area (Å²) in [5, 5.41) is 4.30. The number of nitrogens with one attached hydrogen (secondary N) is 1. The number of amides is 1. The van der Waals surface area contributed by atoms with E-state index in [1.54, 1.807) is 11.6 Å². The Labute approximate surface area is 124 Å². The smallest absolute Gasteiger partial charge is 0.262 e. The molecule has 10 heteroatoms. The average Bonchev–Trinajstić information content (AvgIpc) is 2.83. The SMILES string of the molecule is O=C1CCN(S(=O)(=O)c2c(Cl)nc3sccn23)CCN1. The maximum Gasteiger partial charge on any atom is 0.262 e. The highest BCUT2D eigenvalue weighted by Crippen LogP contribution is 2.28. The molecule has 2 aromatic heterocycles. The zero-order chi connectivity index (χ0) is 14.3. The second-order valence-electron chi connectivity index (χ2n) is 4.27. The first kappa shape index (κ1) is 13.8. The van der Waals surface area contributed by atoms with Crippen molar-refractivity contribution in [3.63, 3.8) is 0 Å². The predicted octanol–water partition coefficient (Wildman–Crippen LogP) is 0.560. The van der Waals surface area contributed by atoms with Gasteiger partial charge >= 0.3 is 0 Å². The normalized spacial score (nSPS) is 18.1. The van der Waals surface area contributed by atoms with Gasteiger partial charge in [0.1, 0.15) is 0 Å². The van der Waals surface area contributed by atoms with Gasteiger partial charge in [-0.3, -0.25) is 9.20 Å². The van der Waals surface area contributed by atoms with Crippen LogP contribution in [0.1, 0.15) is 6.42 Å². The van der Waals surface area contributed by atoms with E-state index in [0.29, 0.717) is 11.5 Å². The number of carbonyl (C=O) groups is 1. The lowest BCUT2D eigenvalue weighted by atomic mass is 10.4. The number of hydrogen-bond donors (Lipinski definition) is 1. The lowest BCUT2D eigenvalue weighted by molar-refractivity contribution is -0.120. The van der Waals surface area contributed by atoms with Crippen molar-refractivity contribution in [2.24, 2.45) is 0 Å². The molecule has 3 rings (SSSR count). The molecule has 0 radical (unpaired) electrons. The fourth-order valence-corrected chi connectivity index (χ4v) is 4.93. The first-order valence-corrected chi connectivity index (χ1v) is 8.58.